The van der Waals surface area contributed by atoms with Crippen LogP contribution in [-0.4, -0.2) is 12.6 Å². The summed E-state index contributed by atoms with van der Waals surface area (Å²) < 4.78 is 1.06. The largest absolute Gasteiger partial charge is 0.313 e. The van der Waals surface area contributed by atoms with Crippen molar-refractivity contribution in [1.82, 2.24) is 5.32 Å². The van der Waals surface area contributed by atoms with Gasteiger partial charge in [-0.15, -0.1) is 0 Å². The van der Waals surface area contributed by atoms with Crippen molar-refractivity contribution in [2.45, 2.75) is 45.1 Å². The summed E-state index contributed by atoms with van der Waals surface area (Å²) in [6.45, 7) is 3.36. The molecule has 1 nitrogen and oxygen atoms in total. The van der Waals surface area contributed by atoms with Crippen LogP contribution in [0.25, 0.3) is 0 Å². The second kappa shape index (κ2) is 6.37. The summed E-state index contributed by atoms with van der Waals surface area (Å²) >= 11 is 9.88. The average molecular weight is 357 g/mol. The molecule has 3 unspecified atom stereocenters. The first-order valence-electron chi connectivity index (χ1n) is 7.88. The van der Waals surface area contributed by atoms with Crippen LogP contribution in [-0.2, 0) is 6.42 Å². The highest BCUT2D eigenvalue weighted by molar-refractivity contribution is 9.10. The fraction of sp³-hybridized carbons (Fsp3) is 0.647. The molecule has 3 heteroatoms. The van der Waals surface area contributed by atoms with Gasteiger partial charge in [-0.2, -0.15) is 0 Å². The molecule has 0 heterocycles. The van der Waals surface area contributed by atoms with Crippen LogP contribution < -0.4 is 5.32 Å². The Bertz CT molecular complexity index is 466. The van der Waals surface area contributed by atoms with Gasteiger partial charge in [0, 0.05) is 15.5 Å². The summed E-state index contributed by atoms with van der Waals surface area (Å²) in [5.41, 5.74) is 1.29. The second-order valence-electron chi connectivity index (χ2n) is 6.34. The van der Waals surface area contributed by atoms with Gasteiger partial charge in [-0.3, -0.25) is 0 Å². The first-order chi connectivity index (χ1) is 9.70. The Morgan fingerprint density at radius 1 is 1.35 bits per heavy atom. The number of benzene rings is 1. The van der Waals surface area contributed by atoms with Crippen LogP contribution in [0.5, 0.6) is 0 Å². The lowest BCUT2D eigenvalue weighted by Crippen LogP contribution is -2.35. The van der Waals surface area contributed by atoms with Crippen molar-refractivity contribution in [1.29, 1.82) is 0 Å². The van der Waals surface area contributed by atoms with Crippen LogP contribution in [0.4, 0.5) is 0 Å². The molecular formula is C17H23BrClN. The topological polar surface area (TPSA) is 12.0 Å². The van der Waals surface area contributed by atoms with Gasteiger partial charge in [0.15, 0.2) is 0 Å². The van der Waals surface area contributed by atoms with Crippen molar-refractivity contribution >= 4 is 27.5 Å². The van der Waals surface area contributed by atoms with E-state index in [1.165, 1.54) is 31.2 Å². The van der Waals surface area contributed by atoms with Gasteiger partial charge < -0.3 is 5.32 Å². The van der Waals surface area contributed by atoms with Crippen LogP contribution in [0.15, 0.2) is 22.7 Å². The average Bonchev–Trinajstić information content (AvgIpc) is 2.90. The molecule has 0 aromatic heterocycles. The molecule has 1 aromatic rings. The van der Waals surface area contributed by atoms with Gasteiger partial charge in [0.2, 0.25) is 0 Å². The molecule has 0 bridgehead atoms. The molecule has 2 fully saturated rings. The number of rotatable bonds is 6. The summed E-state index contributed by atoms with van der Waals surface area (Å²) in [5, 5.41) is 4.68. The summed E-state index contributed by atoms with van der Waals surface area (Å²) in [4.78, 5) is 0. The minimum absolute atomic E-state index is 0.615. The predicted octanol–water partition coefficient (Wildman–Crippen LogP) is 5.06. The summed E-state index contributed by atoms with van der Waals surface area (Å²) in [5.74, 6) is 2.90. The third kappa shape index (κ3) is 3.08. The maximum Gasteiger partial charge on any atom is 0.0449 e. The fourth-order valence-electron chi connectivity index (χ4n) is 4.07. The van der Waals surface area contributed by atoms with Gasteiger partial charge in [-0.1, -0.05) is 46.9 Å². The highest BCUT2D eigenvalue weighted by atomic mass is 79.9. The smallest absolute Gasteiger partial charge is 0.0449 e. The van der Waals surface area contributed by atoms with Crippen LogP contribution >= 0.6 is 27.5 Å². The lowest BCUT2D eigenvalue weighted by atomic mass is 9.97. The van der Waals surface area contributed by atoms with Crippen LogP contribution in [0, 0.1) is 17.8 Å². The molecule has 3 atom stereocenters. The molecule has 20 heavy (non-hydrogen) atoms. The van der Waals surface area contributed by atoms with E-state index in [1.807, 2.05) is 6.07 Å². The van der Waals surface area contributed by atoms with E-state index in [2.05, 4.69) is 40.3 Å². The minimum atomic E-state index is 0.615. The lowest BCUT2D eigenvalue weighted by molar-refractivity contribution is 0.403. The quantitative estimate of drug-likeness (QED) is 0.751. The normalized spacial score (nSPS) is 29.2. The third-order valence-corrected chi connectivity index (χ3v) is 5.89. The van der Waals surface area contributed by atoms with E-state index in [0.717, 1.165) is 40.2 Å². The maximum atomic E-state index is 6.40. The first kappa shape index (κ1) is 14.9. The highest BCUT2D eigenvalue weighted by Crippen LogP contribution is 2.59. The van der Waals surface area contributed by atoms with Crippen molar-refractivity contribution in [3.8, 4) is 0 Å². The molecule has 0 spiro atoms. The number of hydrogen-bond donors (Lipinski definition) is 1. The van der Waals surface area contributed by atoms with Gasteiger partial charge in [-0.25, -0.2) is 0 Å². The van der Waals surface area contributed by atoms with Gasteiger partial charge in [0.05, 0.1) is 0 Å². The molecule has 0 aliphatic heterocycles. The second-order valence-corrected chi connectivity index (χ2v) is 7.66. The molecule has 3 rings (SSSR count). The number of fused-ring (bicyclic) bond motifs is 1. The molecule has 1 aromatic carbocycles. The molecule has 0 amide bonds. The Morgan fingerprint density at radius 2 is 2.10 bits per heavy atom. The fourth-order valence-corrected chi connectivity index (χ4v) is 4.82. The molecule has 2 aliphatic carbocycles. The van der Waals surface area contributed by atoms with E-state index >= 15 is 0 Å². The van der Waals surface area contributed by atoms with Gasteiger partial charge in [0.25, 0.3) is 0 Å². The zero-order valence-corrected chi connectivity index (χ0v) is 14.4. The number of hydrogen-bond acceptors (Lipinski definition) is 1. The Hall–Kier alpha value is -0.0500. The SMILES string of the molecule is CCCNC(Cc1ccc(Br)cc1Cl)C1C2CCCC21. The summed E-state index contributed by atoms with van der Waals surface area (Å²) in [7, 11) is 0. The van der Waals surface area contributed by atoms with E-state index in [0.29, 0.717) is 6.04 Å². The van der Waals surface area contributed by atoms with E-state index in [1.54, 1.807) is 0 Å². The van der Waals surface area contributed by atoms with E-state index < -0.39 is 0 Å². The van der Waals surface area contributed by atoms with E-state index in [-0.39, 0.29) is 0 Å². The molecule has 0 saturated heterocycles. The Labute approximate surface area is 135 Å². The molecule has 2 aliphatic rings. The zero-order chi connectivity index (χ0) is 14.1. The number of halogens is 2. The van der Waals surface area contributed by atoms with Gasteiger partial charge >= 0.3 is 0 Å². The molecule has 0 radical (unpaired) electrons. The molecule has 2 saturated carbocycles. The Morgan fingerprint density at radius 3 is 2.75 bits per heavy atom. The van der Waals surface area contributed by atoms with Crippen molar-refractivity contribution in [2.24, 2.45) is 17.8 Å². The van der Waals surface area contributed by atoms with E-state index in [9.17, 15) is 0 Å². The minimum Gasteiger partial charge on any atom is -0.313 e. The number of nitrogens with one attached hydrogen (secondary N) is 1. The monoisotopic (exact) mass is 355 g/mol. The van der Waals surface area contributed by atoms with Crippen molar-refractivity contribution in [2.75, 3.05) is 6.54 Å². The van der Waals surface area contributed by atoms with Crippen LogP contribution in [0.3, 0.4) is 0 Å². The molecule has 110 valence electrons. The van der Waals surface area contributed by atoms with Gasteiger partial charge in [-0.05, 0) is 67.7 Å². The Kier molecular flexibility index (Phi) is 4.74. The van der Waals surface area contributed by atoms with Crippen LogP contribution in [0.2, 0.25) is 5.02 Å². The predicted molar refractivity (Wildman–Crippen MR) is 89.3 cm³/mol. The summed E-state index contributed by atoms with van der Waals surface area (Å²) in [6.07, 6.45) is 6.63. The third-order valence-electron chi connectivity index (χ3n) is 5.05. The lowest BCUT2D eigenvalue weighted by Gasteiger charge is -2.21. The van der Waals surface area contributed by atoms with Crippen molar-refractivity contribution in [3.05, 3.63) is 33.3 Å². The van der Waals surface area contributed by atoms with Gasteiger partial charge in [0.1, 0.15) is 0 Å². The molecule has 1 N–H and O–H groups in total. The zero-order valence-electron chi connectivity index (χ0n) is 12.0. The molecular weight excluding hydrogens is 334 g/mol. The first-order valence-corrected chi connectivity index (χ1v) is 9.05. The van der Waals surface area contributed by atoms with Crippen LogP contribution in [0.1, 0.15) is 38.2 Å². The van der Waals surface area contributed by atoms with E-state index in [4.69, 9.17) is 11.6 Å². The summed E-state index contributed by atoms with van der Waals surface area (Å²) in [6, 6.07) is 6.90. The van der Waals surface area contributed by atoms with Crippen molar-refractivity contribution in [3.63, 3.8) is 0 Å². The van der Waals surface area contributed by atoms with Crippen molar-refractivity contribution < 1.29 is 0 Å². The maximum absolute atomic E-state index is 6.40. The standard InChI is InChI=1S/C17H23BrClN/c1-2-8-20-16(17-13-4-3-5-14(13)17)9-11-6-7-12(18)10-15(11)19/h6-7,10,13-14,16-17,20H,2-5,8-9H2,1H3. The highest BCUT2D eigenvalue weighted by Gasteiger charge is 2.55. The Balaban J connectivity index is 1.69.